The number of hydrogen-bond acceptors (Lipinski definition) is 6. The molecule has 0 saturated carbocycles. The summed E-state index contributed by atoms with van der Waals surface area (Å²) in [5, 5.41) is 0.0472. The smallest absolute Gasteiger partial charge is 0.348 e. The minimum Gasteiger partial charge on any atom is -0.457 e. The topological polar surface area (TPSA) is 113 Å². The van der Waals surface area contributed by atoms with Gasteiger partial charge in [-0.2, -0.15) is 0 Å². The third-order valence-corrected chi connectivity index (χ3v) is 5.73. The van der Waals surface area contributed by atoms with Crippen LogP contribution < -0.4 is 17.0 Å². The van der Waals surface area contributed by atoms with E-state index in [1.165, 1.54) is 6.07 Å². The number of benzene rings is 2. The fourth-order valence-corrected chi connectivity index (χ4v) is 4.18. The summed E-state index contributed by atoms with van der Waals surface area (Å²) >= 11 is 0.813. The first-order valence-corrected chi connectivity index (χ1v) is 10.1. The van der Waals surface area contributed by atoms with Gasteiger partial charge in [-0.25, -0.2) is 19.0 Å². The highest BCUT2D eigenvalue weighted by Crippen LogP contribution is 2.23. The fraction of sp³-hybridized carbons (Fsp3) is 0.0909. The van der Waals surface area contributed by atoms with Crippen LogP contribution in [0, 0.1) is 0 Å². The summed E-state index contributed by atoms with van der Waals surface area (Å²) in [5.41, 5.74) is 5.45. The van der Waals surface area contributed by atoms with Crippen LogP contribution in [0.1, 0.15) is 20.8 Å². The Morgan fingerprint density at radius 1 is 0.935 bits per heavy atom. The van der Waals surface area contributed by atoms with E-state index >= 15 is 0 Å². The normalized spacial score (nSPS) is 10.8. The largest absolute Gasteiger partial charge is 0.457 e. The Hall–Kier alpha value is -3.98. The molecule has 2 aromatic carbocycles. The van der Waals surface area contributed by atoms with Crippen molar-refractivity contribution in [2.45, 2.75) is 13.2 Å². The summed E-state index contributed by atoms with van der Waals surface area (Å²) in [7, 11) is 0. The van der Waals surface area contributed by atoms with Gasteiger partial charge in [-0.3, -0.25) is 9.36 Å². The van der Waals surface area contributed by atoms with Crippen molar-refractivity contribution in [1.82, 2.24) is 9.13 Å². The van der Waals surface area contributed by atoms with Crippen LogP contribution in [-0.2, 0) is 17.9 Å². The SMILES string of the molecule is NC(=O)n1c(=O)n(Cc2ccccc2)c(=O)c2cc(C(=O)OCc3ccccc3)sc21. The lowest BCUT2D eigenvalue weighted by molar-refractivity contribution is 0.0478. The summed E-state index contributed by atoms with van der Waals surface area (Å²) in [4.78, 5) is 50.5. The van der Waals surface area contributed by atoms with E-state index in [0.29, 0.717) is 10.1 Å². The first-order chi connectivity index (χ1) is 15.0. The van der Waals surface area contributed by atoms with Gasteiger partial charge in [0.15, 0.2) is 0 Å². The first-order valence-electron chi connectivity index (χ1n) is 9.30. The summed E-state index contributed by atoms with van der Waals surface area (Å²) in [6.07, 6.45) is 0. The summed E-state index contributed by atoms with van der Waals surface area (Å²) < 4.78 is 6.93. The maximum absolute atomic E-state index is 13.0. The maximum Gasteiger partial charge on any atom is 0.348 e. The highest BCUT2D eigenvalue weighted by atomic mass is 32.1. The van der Waals surface area contributed by atoms with E-state index in [4.69, 9.17) is 10.5 Å². The molecule has 0 aliphatic heterocycles. The lowest BCUT2D eigenvalue weighted by Crippen LogP contribution is -2.43. The highest BCUT2D eigenvalue weighted by molar-refractivity contribution is 7.20. The van der Waals surface area contributed by atoms with Gasteiger partial charge >= 0.3 is 17.7 Å². The number of carbonyl (C=O) groups is 2. The number of ether oxygens (including phenoxy) is 1. The van der Waals surface area contributed by atoms with Gasteiger partial charge in [-0.15, -0.1) is 11.3 Å². The van der Waals surface area contributed by atoms with E-state index in [1.54, 1.807) is 24.3 Å². The molecular formula is C22H17N3O5S. The molecule has 4 aromatic rings. The number of primary amides is 1. The van der Waals surface area contributed by atoms with Crippen LogP contribution in [-0.4, -0.2) is 21.1 Å². The fourth-order valence-electron chi connectivity index (χ4n) is 3.14. The molecule has 0 bridgehead atoms. The van der Waals surface area contributed by atoms with Crippen molar-refractivity contribution >= 4 is 33.6 Å². The van der Waals surface area contributed by atoms with E-state index in [0.717, 1.165) is 21.5 Å². The molecule has 2 aromatic heterocycles. The van der Waals surface area contributed by atoms with Gasteiger partial charge in [-0.1, -0.05) is 60.7 Å². The van der Waals surface area contributed by atoms with Crippen LogP contribution in [0.2, 0.25) is 0 Å². The molecule has 0 fully saturated rings. The van der Waals surface area contributed by atoms with Crippen molar-refractivity contribution in [3.05, 3.63) is 104 Å². The van der Waals surface area contributed by atoms with Gasteiger partial charge in [0.1, 0.15) is 16.3 Å². The van der Waals surface area contributed by atoms with Crippen LogP contribution in [0.15, 0.2) is 76.3 Å². The monoisotopic (exact) mass is 435 g/mol. The quantitative estimate of drug-likeness (QED) is 0.484. The molecule has 4 rings (SSSR count). The van der Waals surface area contributed by atoms with Crippen molar-refractivity contribution in [3.8, 4) is 0 Å². The zero-order chi connectivity index (χ0) is 22.0. The molecule has 0 aliphatic rings. The van der Waals surface area contributed by atoms with Gasteiger partial charge in [0, 0.05) is 0 Å². The first kappa shape index (κ1) is 20.3. The standard InChI is InChI=1S/C22H17N3O5S/c23-21(28)25-19-16(18(26)24(22(25)29)12-14-7-3-1-4-8-14)11-17(31-19)20(27)30-13-15-9-5-2-6-10-15/h1-11H,12-13H2,(H2,23,28). The van der Waals surface area contributed by atoms with Crippen molar-refractivity contribution in [2.75, 3.05) is 0 Å². The van der Waals surface area contributed by atoms with Crippen molar-refractivity contribution < 1.29 is 14.3 Å². The molecule has 9 heteroatoms. The second-order valence-corrected chi connectivity index (χ2v) is 7.75. The van der Waals surface area contributed by atoms with E-state index in [9.17, 15) is 19.2 Å². The lowest BCUT2D eigenvalue weighted by atomic mass is 10.2. The van der Waals surface area contributed by atoms with Crippen molar-refractivity contribution in [1.29, 1.82) is 0 Å². The van der Waals surface area contributed by atoms with Crippen molar-refractivity contribution in [2.24, 2.45) is 5.73 Å². The minimum absolute atomic E-state index is 0.0125. The molecule has 2 N–H and O–H groups in total. The van der Waals surface area contributed by atoms with Gasteiger partial charge in [0.2, 0.25) is 0 Å². The lowest BCUT2D eigenvalue weighted by Gasteiger charge is -2.09. The van der Waals surface area contributed by atoms with Crippen molar-refractivity contribution in [3.63, 3.8) is 0 Å². The second-order valence-electron chi connectivity index (χ2n) is 6.72. The van der Waals surface area contributed by atoms with Gasteiger partial charge in [0.05, 0.1) is 11.9 Å². The van der Waals surface area contributed by atoms with Crippen LogP contribution in [0.25, 0.3) is 10.2 Å². The Bertz CT molecular complexity index is 1390. The molecule has 0 aliphatic carbocycles. The number of hydrogen-bond donors (Lipinski definition) is 1. The number of nitrogens with zero attached hydrogens (tertiary/aromatic N) is 2. The molecule has 8 nitrogen and oxygen atoms in total. The Balaban J connectivity index is 1.75. The molecule has 1 amide bonds. The molecule has 0 saturated heterocycles. The number of thiophene rings is 1. The average Bonchev–Trinajstić information content (AvgIpc) is 3.21. The predicted octanol–water partition coefficient (Wildman–Crippen LogP) is 2.56. The molecule has 31 heavy (non-hydrogen) atoms. The maximum atomic E-state index is 13.0. The van der Waals surface area contributed by atoms with E-state index < -0.39 is 23.2 Å². The van der Waals surface area contributed by atoms with Gasteiger partial charge in [-0.05, 0) is 17.2 Å². The van der Waals surface area contributed by atoms with E-state index in [2.05, 4.69) is 0 Å². The number of esters is 1. The summed E-state index contributed by atoms with van der Waals surface area (Å²) in [5.74, 6) is -0.664. The van der Waals surface area contributed by atoms with Crippen LogP contribution in [0.5, 0.6) is 0 Å². The summed E-state index contributed by atoms with van der Waals surface area (Å²) in [6.45, 7) is 0.0140. The number of rotatable bonds is 5. The Morgan fingerprint density at radius 2 is 1.55 bits per heavy atom. The molecule has 156 valence electrons. The Kier molecular flexibility index (Phi) is 5.50. The third kappa shape index (κ3) is 4.03. The Morgan fingerprint density at radius 3 is 2.16 bits per heavy atom. The zero-order valence-corrected chi connectivity index (χ0v) is 17.0. The third-order valence-electron chi connectivity index (χ3n) is 4.63. The number of aromatic nitrogens is 2. The minimum atomic E-state index is -1.04. The zero-order valence-electron chi connectivity index (χ0n) is 16.2. The van der Waals surface area contributed by atoms with Crippen LogP contribution >= 0.6 is 11.3 Å². The number of fused-ring (bicyclic) bond motifs is 1. The molecule has 0 atom stereocenters. The molecule has 2 heterocycles. The van der Waals surface area contributed by atoms with Gasteiger partial charge < -0.3 is 10.5 Å². The van der Waals surface area contributed by atoms with Crippen LogP contribution in [0.3, 0.4) is 0 Å². The average molecular weight is 435 g/mol. The molecular weight excluding hydrogens is 418 g/mol. The number of nitrogens with two attached hydrogens (primary N) is 1. The predicted molar refractivity (Wildman–Crippen MR) is 116 cm³/mol. The van der Waals surface area contributed by atoms with E-state index in [-0.39, 0.29) is 28.2 Å². The van der Waals surface area contributed by atoms with Crippen LogP contribution in [0.4, 0.5) is 4.79 Å². The number of carbonyl (C=O) groups excluding carboxylic acids is 2. The highest BCUT2D eigenvalue weighted by Gasteiger charge is 2.22. The van der Waals surface area contributed by atoms with Gasteiger partial charge in [0.25, 0.3) is 5.56 Å². The summed E-state index contributed by atoms with van der Waals surface area (Å²) in [6, 6.07) is 18.3. The molecule has 0 radical (unpaired) electrons. The Labute approximate surface area is 179 Å². The molecule has 0 unspecified atom stereocenters. The van der Waals surface area contributed by atoms with E-state index in [1.807, 2.05) is 36.4 Å². The number of amides is 1. The molecule has 0 spiro atoms. The second kappa shape index (κ2) is 8.41.